The molecule has 2 aromatic rings. The van der Waals surface area contributed by atoms with Crippen LogP contribution in [0.3, 0.4) is 0 Å². The van der Waals surface area contributed by atoms with Crippen LogP contribution in [0.1, 0.15) is 29.3 Å². The lowest BCUT2D eigenvalue weighted by atomic mass is 10.0. The van der Waals surface area contributed by atoms with Crippen molar-refractivity contribution < 1.29 is 19.1 Å². The van der Waals surface area contributed by atoms with Gasteiger partial charge in [-0.05, 0) is 25.1 Å². The third-order valence-corrected chi connectivity index (χ3v) is 5.22. The van der Waals surface area contributed by atoms with E-state index in [9.17, 15) is 14.4 Å². The minimum atomic E-state index is -0.489. The van der Waals surface area contributed by atoms with Gasteiger partial charge in [0.2, 0.25) is 11.8 Å². The topological polar surface area (TPSA) is 75.7 Å². The zero-order chi connectivity index (χ0) is 21.0. The predicted molar refractivity (Wildman–Crippen MR) is 111 cm³/mol. The molecular weight excluding hydrogens is 392 g/mol. The molecule has 7 heteroatoms. The van der Waals surface area contributed by atoms with Crippen molar-refractivity contribution in [3.63, 3.8) is 0 Å². The molecule has 0 radical (unpaired) electrons. The van der Waals surface area contributed by atoms with Crippen molar-refractivity contribution in [2.45, 2.75) is 19.4 Å². The van der Waals surface area contributed by atoms with Crippen LogP contribution in [0.4, 0.5) is 5.69 Å². The first kappa shape index (κ1) is 21.0. The Morgan fingerprint density at radius 1 is 1.24 bits per heavy atom. The first-order valence-corrected chi connectivity index (χ1v) is 9.77. The lowest BCUT2D eigenvalue weighted by molar-refractivity contribution is -0.130. The molecule has 0 aromatic heterocycles. The maximum Gasteiger partial charge on any atom is 0.229 e. The van der Waals surface area contributed by atoms with Gasteiger partial charge in [0.1, 0.15) is 0 Å². The van der Waals surface area contributed by atoms with Crippen LogP contribution in [0.15, 0.2) is 48.5 Å². The molecule has 2 atom stereocenters. The molecule has 1 fully saturated rings. The fourth-order valence-electron chi connectivity index (χ4n) is 3.46. The summed E-state index contributed by atoms with van der Waals surface area (Å²) in [5.41, 5.74) is 1.19. The third kappa shape index (κ3) is 4.83. The zero-order valence-electron chi connectivity index (χ0n) is 16.4. The molecule has 3 rings (SSSR count). The van der Waals surface area contributed by atoms with Gasteiger partial charge < -0.3 is 15.0 Å². The number of ether oxygens (including phenoxy) is 1. The van der Waals surface area contributed by atoms with Gasteiger partial charge in [-0.25, -0.2) is 0 Å². The molecule has 1 saturated heterocycles. The summed E-state index contributed by atoms with van der Waals surface area (Å²) in [4.78, 5) is 39.7. The lowest BCUT2D eigenvalue weighted by Gasteiger charge is -2.24. The SMILES string of the molecule is COC[C@@H](C)N1C[C@@H](C(=O)Nc2ccc(Cl)cc2C(=O)c2ccccc2)CC1=O. The van der Waals surface area contributed by atoms with E-state index in [-0.39, 0.29) is 30.1 Å². The Morgan fingerprint density at radius 3 is 2.66 bits per heavy atom. The number of carbonyl (C=O) groups is 3. The fourth-order valence-corrected chi connectivity index (χ4v) is 3.63. The number of benzene rings is 2. The highest BCUT2D eigenvalue weighted by Crippen LogP contribution is 2.26. The highest BCUT2D eigenvalue weighted by atomic mass is 35.5. The van der Waals surface area contributed by atoms with Crippen molar-refractivity contribution >= 4 is 34.9 Å². The van der Waals surface area contributed by atoms with Gasteiger partial charge >= 0.3 is 0 Å². The molecule has 0 unspecified atom stereocenters. The number of rotatable bonds is 7. The first-order valence-electron chi connectivity index (χ1n) is 9.39. The number of nitrogens with zero attached hydrogens (tertiary/aromatic N) is 1. The van der Waals surface area contributed by atoms with Crippen molar-refractivity contribution in [2.24, 2.45) is 5.92 Å². The van der Waals surface area contributed by atoms with Crippen LogP contribution in [0.2, 0.25) is 5.02 Å². The van der Waals surface area contributed by atoms with Gasteiger partial charge in [0.05, 0.1) is 24.3 Å². The van der Waals surface area contributed by atoms with Crippen LogP contribution >= 0.6 is 11.6 Å². The van der Waals surface area contributed by atoms with Gasteiger partial charge in [-0.1, -0.05) is 41.9 Å². The molecule has 152 valence electrons. The summed E-state index contributed by atoms with van der Waals surface area (Å²) in [7, 11) is 1.58. The quantitative estimate of drug-likeness (QED) is 0.704. The number of nitrogens with one attached hydrogen (secondary N) is 1. The van der Waals surface area contributed by atoms with E-state index < -0.39 is 5.92 Å². The van der Waals surface area contributed by atoms with Crippen LogP contribution in [0.25, 0.3) is 0 Å². The molecule has 2 amide bonds. The van der Waals surface area contributed by atoms with E-state index in [0.717, 1.165) is 0 Å². The highest BCUT2D eigenvalue weighted by molar-refractivity contribution is 6.31. The molecule has 2 aromatic carbocycles. The van der Waals surface area contributed by atoms with E-state index in [0.29, 0.717) is 35.0 Å². The smallest absolute Gasteiger partial charge is 0.229 e. The summed E-state index contributed by atoms with van der Waals surface area (Å²) >= 11 is 6.09. The number of methoxy groups -OCH3 is 1. The summed E-state index contributed by atoms with van der Waals surface area (Å²) in [5, 5.41) is 3.21. The third-order valence-electron chi connectivity index (χ3n) is 4.99. The number of likely N-dealkylation sites (tertiary alicyclic amines) is 1. The number of halogens is 1. The van der Waals surface area contributed by atoms with Crippen molar-refractivity contribution in [1.82, 2.24) is 4.90 Å². The van der Waals surface area contributed by atoms with Gasteiger partial charge in [0.25, 0.3) is 0 Å². The molecule has 0 saturated carbocycles. The van der Waals surface area contributed by atoms with Crippen molar-refractivity contribution in [3.8, 4) is 0 Å². The molecule has 1 N–H and O–H groups in total. The number of carbonyl (C=O) groups excluding carboxylic acids is 3. The molecule has 29 heavy (non-hydrogen) atoms. The van der Waals surface area contributed by atoms with Crippen molar-refractivity contribution in [3.05, 3.63) is 64.7 Å². The Morgan fingerprint density at radius 2 is 1.97 bits per heavy atom. The highest BCUT2D eigenvalue weighted by Gasteiger charge is 2.36. The standard InChI is InChI=1S/C22H23ClN2O4/c1-14(13-29-2)25-12-16(10-20(25)26)22(28)24-19-9-8-17(23)11-18(19)21(27)15-6-4-3-5-7-15/h3-9,11,14,16H,10,12-13H2,1-2H3,(H,24,28)/t14-,16+/m1/s1. The minimum Gasteiger partial charge on any atom is -0.383 e. The zero-order valence-corrected chi connectivity index (χ0v) is 17.1. The van der Waals surface area contributed by atoms with Gasteiger partial charge in [-0.15, -0.1) is 0 Å². The normalized spacial score (nSPS) is 17.3. The van der Waals surface area contributed by atoms with E-state index in [2.05, 4.69) is 5.32 Å². The summed E-state index contributed by atoms with van der Waals surface area (Å²) < 4.78 is 5.11. The monoisotopic (exact) mass is 414 g/mol. The maximum atomic E-state index is 12.9. The van der Waals surface area contributed by atoms with Crippen LogP contribution in [0.5, 0.6) is 0 Å². The van der Waals surface area contributed by atoms with Crippen LogP contribution in [-0.2, 0) is 14.3 Å². The Labute approximate surface area is 174 Å². The minimum absolute atomic E-state index is 0.0774. The first-order chi connectivity index (χ1) is 13.9. The molecular formula is C22H23ClN2O4. The number of amides is 2. The summed E-state index contributed by atoms with van der Waals surface area (Å²) in [6.45, 7) is 2.62. The molecule has 1 aliphatic rings. The Bertz CT molecular complexity index is 916. The van der Waals surface area contributed by atoms with Crippen LogP contribution < -0.4 is 5.32 Å². The van der Waals surface area contributed by atoms with E-state index in [1.54, 1.807) is 54.5 Å². The van der Waals surface area contributed by atoms with Crippen LogP contribution in [-0.4, -0.2) is 48.8 Å². The number of ketones is 1. The van der Waals surface area contributed by atoms with E-state index in [4.69, 9.17) is 16.3 Å². The summed E-state index contributed by atoms with van der Waals surface area (Å²) in [6.07, 6.45) is 0.134. The van der Waals surface area contributed by atoms with Crippen molar-refractivity contribution in [1.29, 1.82) is 0 Å². The molecule has 6 nitrogen and oxygen atoms in total. The van der Waals surface area contributed by atoms with Gasteiger partial charge in [-0.3, -0.25) is 14.4 Å². The summed E-state index contributed by atoms with van der Waals surface area (Å²) in [6, 6.07) is 13.5. The molecule has 0 spiro atoms. The van der Waals surface area contributed by atoms with Gasteiger partial charge in [0, 0.05) is 36.2 Å². The van der Waals surface area contributed by atoms with Crippen LogP contribution in [0, 0.1) is 5.92 Å². The molecule has 1 heterocycles. The predicted octanol–water partition coefficient (Wildman–Crippen LogP) is 3.39. The number of anilines is 1. The lowest BCUT2D eigenvalue weighted by Crippen LogP contribution is -2.38. The number of hydrogen-bond acceptors (Lipinski definition) is 4. The summed E-state index contributed by atoms with van der Waals surface area (Å²) in [5.74, 6) is -1.10. The largest absolute Gasteiger partial charge is 0.383 e. The second-order valence-corrected chi connectivity index (χ2v) is 7.56. The van der Waals surface area contributed by atoms with E-state index >= 15 is 0 Å². The maximum absolute atomic E-state index is 12.9. The number of hydrogen-bond donors (Lipinski definition) is 1. The van der Waals surface area contributed by atoms with E-state index in [1.807, 2.05) is 13.0 Å². The average molecular weight is 415 g/mol. The Hall–Kier alpha value is -2.70. The molecule has 0 bridgehead atoms. The second-order valence-electron chi connectivity index (χ2n) is 7.13. The Kier molecular flexibility index (Phi) is 6.67. The van der Waals surface area contributed by atoms with E-state index in [1.165, 1.54) is 0 Å². The average Bonchev–Trinajstić information content (AvgIpc) is 3.11. The fraction of sp³-hybridized carbons (Fsp3) is 0.318. The van der Waals surface area contributed by atoms with Crippen molar-refractivity contribution in [2.75, 3.05) is 25.6 Å². The van der Waals surface area contributed by atoms with Gasteiger partial charge in [-0.2, -0.15) is 0 Å². The second kappa shape index (κ2) is 9.20. The van der Waals surface area contributed by atoms with Gasteiger partial charge in [0.15, 0.2) is 5.78 Å². The Balaban J connectivity index is 1.78. The molecule has 1 aliphatic heterocycles. The molecule has 0 aliphatic carbocycles.